The van der Waals surface area contributed by atoms with Gasteiger partial charge in [0.2, 0.25) is 0 Å². The Morgan fingerprint density at radius 1 is 0.978 bits per heavy atom. The summed E-state index contributed by atoms with van der Waals surface area (Å²) >= 11 is 8.93. The van der Waals surface area contributed by atoms with Gasteiger partial charge >= 0.3 is 0 Å². The molecule has 0 saturated carbocycles. The lowest BCUT2D eigenvalue weighted by Crippen LogP contribution is -2.28. The molecule has 46 heavy (non-hydrogen) atoms. The Morgan fingerprint density at radius 2 is 1.72 bits per heavy atom. The summed E-state index contributed by atoms with van der Waals surface area (Å²) in [5, 5.41) is 20.9. The zero-order valence-corrected chi connectivity index (χ0v) is 27.3. The summed E-state index contributed by atoms with van der Waals surface area (Å²) in [6, 6.07) is 25.8. The predicted octanol–water partition coefficient (Wildman–Crippen LogP) is 6.40. The van der Waals surface area contributed by atoms with Crippen molar-refractivity contribution in [2.24, 2.45) is 5.10 Å². The molecule has 3 aromatic carbocycles. The molecule has 0 bridgehead atoms. The van der Waals surface area contributed by atoms with Crippen LogP contribution in [0.15, 0.2) is 101 Å². The molecule has 5 aromatic rings. The Bertz CT molecular complexity index is 1860. The van der Waals surface area contributed by atoms with Crippen LogP contribution in [0.1, 0.15) is 39.1 Å². The summed E-state index contributed by atoms with van der Waals surface area (Å²) in [6.07, 6.45) is 0.543. The molecule has 0 fully saturated rings. The van der Waals surface area contributed by atoms with E-state index in [0.717, 1.165) is 28.3 Å². The van der Waals surface area contributed by atoms with Crippen LogP contribution in [0.25, 0.3) is 5.69 Å². The molecule has 0 spiro atoms. The maximum absolute atomic E-state index is 13.9. The Labute approximate surface area is 279 Å². The highest BCUT2D eigenvalue weighted by atomic mass is 35.5. The molecule has 1 N–H and O–H groups in total. The molecular formula is C33H29ClN6O4S2. The number of carbonyl (C=O) groups excluding carboxylic acids is 2. The second-order valence-corrected chi connectivity index (χ2v) is 12.5. The van der Waals surface area contributed by atoms with Crippen molar-refractivity contribution in [3.8, 4) is 17.2 Å². The van der Waals surface area contributed by atoms with Gasteiger partial charge < -0.3 is 14.8 Å². The van der Waals surface area contributed by atoms with Gasteiger partial charge in [0.15, 0.2) is 11.0 Å². The molecule has 3 heterocycles. The van der Waals surface area contributed by atoms with E-state index in [4.69, 9.17) is 26.2 Å². The van der Waals surface area contributed by atoms with E-state index in [1.807, 2.05) is 72.1 Å². The normalized spacial score (nSPS) is 14.2. The van der Waals surface area contributed by atoms with Crippen molar-refractivity contribution < 1.29 is 19.1 Å². The van der Waals surface area contributed by atoms with Gasteiger partial charge in [0.25, 0.3) is 11.8 Å². The number of nitrogens with zero attached hydrogens (tertiary/aromatic N) is 5. The van der Waals surface area contributed by atoms with Crippen LogP contribution in [-0.2, 0) is 11.3 Å². The number of halogens is 1. The van der Waals surface area contributed by atoms with Crippen molar-refractivity contribution in [2.45, 2.75) is 24.2 Å². The molecule has 13 heteroatoms. The highest BCUT2D eigenvalue weighted by Crippen LogP contribution is 2.35. The number of thioether (sulfide) groups is 1. The van der Waals surface area contributed by atoms with Crippen LogP contribution in [-0.4, -0.2) is 57.3 Å². The summed E-state index contributed by atoms with van der Waals surface area (Å²) in [7, 11) is 3.24. The van der Waals surface area contributed by atoms with E-state index in [1.165, 1.54) is 23.1 Å². The first-order chi connectivity index (χ1) is 22.4. The second-order valence-electron chi connectivity index (χ2n) is 10.2. The molecule has 234 valence electrons. The topological polar surface area (TPSA) is 111 Å². The minimum absolute atomic E-state index is 0.0479. The number of hydrogen-bond acceptors (Lipinski definition) is 9. The molecule has 0 saturated heterocycles. The van der Waals surface area contributed by atoms with Crippen molar-refractivity contribution >= 4 is 52.2 Å². The van der Waals surface area contributed by atoms with E-state index >= 15 is 0 Å². The average molecular weight is 673 g/mol. The number of nitrogens with one attached hydrogen (secondary N) is 1. The maximum atomic E-state index is 13.9. The number of ether oxygens (including phenoxy) is 2. The molecule has 0 radical (unpaired) electrons. The second kappa shape index (κ2) is 14.2. The number of thiophene rings is 1. The minimum Gasteiger partial charge on any atom is -0.497 e. The average Bonchev–Trinajstić information content (AvgIpc) is 3.87. The number of aromatic nitrogens is 3. The van der Waals surface area contributed by atoms with Crippen LogP contribution in [0, 0.1) is 0 Å². The summed E-state index contributed by atoms with van der Waals surface area (Å²) in [4.78, 5) is 27.1. The van der Waals surface area contributed by atoms with Gasteiger partial charge in [0, 0.05) is 11.4 Å². The van der Waals surface area contributed by atoms with E-state index in [-0.39, 0.29) is 30.2 Å². The van der Waals surface area contributed by atoms with E-state index in [1.54, 1.807) is 42.0 Å². The molecule has 10 nitrogen and oxygen atoms in total. The third kappa shape index (κ3) is 6.94. The van der Waals surface area contributed by atoms with E-state index < -0.39 is 0 Å². The van der Waals surface area contributed by atoms with Gasteiger partial charge in [-0.25, -0.2) is 5.01 Å². The SMILES string of the molecule is COc1ccc(C2=NN(C(=O)CSc3nnc(CNC(=O)c4cccs4)n3-c3cccc(Cl)c3)C(c3ccc(OC)cc3)C2)cc1. The van der Waals surface area contributed by atoms with Crippen LogP contribution < -0.4 is 14.8 Å². The maximum Gasteiger partial charge on any atom is 0.261 e. The largest absolute Gasteiger partial charge is 0.497 e. The first-order valence-corrected chi connectivity index (χ1v) is 16.5. The quantitative estimate of drug-likeness (QED) is 0.162. The fourth-order valence-electron chi connectivity index (χ4n) is 5.01. The highest BCUT2D eigenvalue weighted by Gasteiger charge is 2.33. The molecule has 1 atom stereocenters. The summed E-state index contributed by atoms with van der Waals surface area (Å²) in [5.74, 6) is 1.62. The number of benzene rings is 3. The van der Waals surface area contributed by atoms with Crippen molar-refractivity contribution in [1.82, 2.24) is 25.1 Å². The third-order valence-corrected chi connectivity index (χ3v) is 9.35. The first-order valence-electron chi connectivity index (χ1n) is 14.3. The summed E-state index contributed by atoms with van der Waals surface area (Å²) in [6.45, 7) is 0.131. The molecular weight excluding hydrogens is 644 g/mol. The predicted molar refractivity (Wildman–Crippen MR) is 179 cm³/mol. The lowest BCUT2D eigenvalue weighted by molar-refractivity contribution is -0.130. The molecule has 1 unspecified atom stereocenters. The molecule has 2 aromatic heterocycles. The number of methoxy groups -OCH3 is 2. The van der Waals surface area contributed by atoms with Crippen LogP contribution in [0.2, 0.25) is 5.02 Å². The highest BCUT2D eigenvalue weighted by molar-refractivity contribution is 7.99. The Hall–Kier alpha value is -4.65. The number of amides is 2. The Balaban J connectivity index is 1.25. The summed E-state index contributed by atoms with van der Waals surface area (Å²) < 4.78 is 12.5. The Kier molecular flexibility index (Phi) is 9.67. The fourth-order valence-corrected chi connectivity index (χ4v) is 6.66. The van der Waals surface area contributed by atoms with Gasteiger partial charge in [-0.3, -0.25) is 14.2 Å². The monoisotopic (exact) mass is 672 g/mol. The lowest BCUT2D eigenvalue weighted by Gasteiger charge is -2.22. The zero-order valence-electron chi connectivity index (χ0n) is 24.9. The fraction of sp³-hybridized carbons (Fsp3) is 0.182. The Morgan fingerprint density at radius 3 is 2.39 bits per heavy atom. The van der Waals surface area contributed by atoms with Crippen molar-refractivity contribution in [3.63, 3.8) is 0 Å². The molecule has 6 rings (SSSR count). The number of carbonyl (C=O) groups is 2. The molecule has 0 aliphatic carbocycles. The smallest absolute Gasteiger partial charge is 0.261 e. The van der Waals surface area contributed by atoms with Crippen LogP contribution in [0.5, 0.6) is 11.5 Å². The standard InChI is InChI=1S/C33H29ClN6O4S2/c1-43-25-12-8-21(9-13-25)27-18-28(22-10-14-26(44-2)15-11-22)40(38-27)31(41)20-46-33-37-36-30(19-35-32(42)29-7-4-16-45-29)39(33)24-6-3-5-23(34)17-24/h3-17,28H,18-20H2,1-2H3,(H,35,42). The van der Waals surface area contributed by atoms with E-state index in [0.29, 0.717) is 33.0 Å². The van der Waals surface area contributed by atoms with Gasteiger partial charge in [-0.1, -0.05) is 47.6 Å². The first kappa shape index (κ1) is 31.3. The summed E-state index contributed by atoms with van der Waals surface area (Å²) in [5.41, 5.74) is 3.37. The third-order valence-electron chi connectivity index (χ3n) is 7.33. The molecule has 1 aliphatic rings. The number of hydrazone groups is 1. The van der Waals surface area contributed by atoms with Gasteiger partial charge in [0.05, 0.1) is 48.8 Å². The van der Waals surface area contributed by atoms with Crippen LogP contribution >= 0.6 is 34.7 Å². The van der Waals surface area contributed by atoms with Crippen molar-refractivity contribution in [3.05, 3.63) is 117 Å². The van der Waals surface area contributed by atoms with E-state index in [9.17, 15) is 9.59 Å². The number of rotatable bonds is 11. The minimum atomic E-state index is -0.301. The van der Waals surface area contributed by atoms with Gasteiger partial charge in [-0.15, -0.1) is 21.5 Å². The van der Waals surface area contributed by atoms with E-state index in [2.05, 4.69) is 15.5 Å². The molecule has 1 aliphatic heterocycles. The van der Waals surface area contributed by atoms with Crippen LogP contribution in [0.3, 0.4) is 0 Å². The zero-order chi connectivity index (χ0) is 32.0. The van der Waals surface area contributed by atoms with Crippen LogP contribution in [0.4, 0.5) is 0 Å². The van der Waals surface area contributed by atoms with Gasteiger partial charge in [0.1, 0.15) is 11.5 Å². The molecule has 2 amide bonds. The van der Waals surface area contributed by atoms with Gasteiger partial charge in [-0.05, 0) is 77.2 Å². The van der Waals surface area contributed by atoms with Gasteiger partial charge in [-0.2, -0.15) is 5.10 Å². The van der Waals surface area contributed by atoms with Crippen molar-refractivity contribution in [2.75, 3.05) is 20.0 Å². The van der Waals surface area contributed by atoms with Crippen molar-refractivity contribution in [1.29, 1.82) is 0 Å². The number of hydrogen-bond donors (Lipinski definition) is 1. The lowest BCUT2D eigenvalue weighted by atomic mass is 9.98.